The number of nitrogens with one attached hydrogen (secondary N) is 2. The Kier molecular flexibility index (Phi) is 6.51. The maximum atomic E-state index is 12.5. The zero-order valence-electron chi connectivity index (χ0n) is 14.6. The number of rotatable bonds is 6. The molecule has 0 fully saturated rings. The van der Waals surface area contributed by atoms with Crippen LogP contribution >= 0.6 is 0 Å². The van der Waals surface area contributed by atoms with Gasteiger partial charge in [-0.15, -0.1) is 0 Å². The van der Waals surface area contributed by atoms with Gasteiger partial charge in [-0.2, -0.15) is 13.2 Å². The summed E-state index contributed by atoms with van der Waals surface area (Å²) in [4.78, 5) is 11.9. The lowest BCUT2D eigenvalue weighted by Gasteiger charge is -2.15. The molecule has 1 atom stereocenters. The van der Waals surface area contributed by atoms with Crippen LogP contribution in [0.5, 0.6) is 11.5 Å². The fourth-order valence-electron chi connectivity index (χ4n) is 2.29. The number of aliphatic hydroxyl groups excluding tert-OH is 1. The number of alkyl halides is 3. The summed E-state index contributed by atoms with van der Waals surface area (Å²) in [5.41, 5.74) is -0.110. The minimum atomic E-state index is -4.44. The van der Waals surface area contributed by atoms with Crippen molar-refractivity contribution in [3.05, 3.63) is 53.6 Å². The van der Waals surface area contributed by atoms with E-state index in [1.807, 2.05) is 0 Å². The van der Waals surface area contributed by atoms with Gasteiger partial charge in [0.25, 0.3) is 0 Å². The molecule has 0 aliphatic rings. The Labute approximate surface area is 153 Å². The van der Waals surface area contributed by atoms with Crippen molar-refractivity contribution in [1.82, 2.24) is 5.32 Å². The van der Waals surface area contributed by atoms with Gasteiger partial charge < -0.3 is 25.2 Å². The molecule has 0 heterocycles. The van der Waals surface area contributed by atoms with Crippen LogP contribution in [0.15, 0.2) is 42.5 Å². The van der Waals surface area contributed by atoms with Crippen molar-refractivity contribution >= 4 is 11.7 Å². The van der Waals surface area contributed by atoms with Crippen LogP contribution in [0.25, 0.3) is 0 Å². The van der Waals surface area contributed by atoms with Gasteiger partial charge >= 0.3 is 12.2 Å². The number of carbonyl (C=O) groups is 1. The van der Waals surface area contributed by atoms with Gasteiger partial charge in [0.1, 0.15) is 0 Å². The van der Waals surface area contributed by atoms with Crippen LogP contribution in [0.4, 0.5) is 23.7 Å². The van der Waals surface area contributed by atoms with Gasteiger partial charge in [0.15, 0.2) is 11.5 Å². The van der Waals surface area contributed by atoms with Crippen LogP contribution < -0.4 is 20.1 Å². The lowest BCUT2D eigenvalue weighted by molar-refractivity contribution is -0.137. The van der Waals surface area contributed by atoms with Gasteiger partial charge in [-0.25, -0.2) is 4.79 Å². The first kappa shape index (κ1) is 20.4. The second-order valence-corrected chi connectivity index (χ2v) is 5.54. The molecule has 0 aliphatic carbocycles. The minimum absolute atomic E-state index is 0.176. The molecule has 3 N–H and O–H groups in total. The van der Waals surface area contributed by atoms with E-state index in [-0.39, 0.29) is 12.1 Å². The lowest BCUT2D eigenvalue weighted by Crippen LogP contribution is -2.32. The number of ether oxygens (including phenoxy) is 2. The van der Waals surface area contributed by atoms with Crippen LogP contribution in [-0.2, 0) is 6.18 Å². The molecular formula is C18H19F3N2O4. The van der Waals surface area contributed by atoms with E-state index in [1.165, 1.54) is 26.4 Å². The first-order valence-corrected chi connectivity index (χ1v) is 7.86. The molecule has 2 amide bonds. The van der Waals surface area contributed by atoms with Crippen LogP contribution in [0.3, 0.4) is 0 Å². The Morgan fingerprint density at radius 1 is 1.07 bits per heavy atom. The molecule has 2 rings (SSSR count). The van der Waals surface area contributed by atoms with E-state index in [0.29, 0.717) is 17.2 Å². The van der Waals surface area contributed by atoms with Gasteiger partial charge in [-0.05, 0) is 29.8 Å². The molecule has 0 saturated heterocycles. The highest BCUT2D eigenvalue weighted by Gasteiger charge is 2.30. The molecule has 27 heavy (non-hydrogen) atoms. The number of hydrogen-bond acceptors (Lipinski definition) is 4. The number of benzene rings is 2. The normalized spacial score (nSPS) is 12.2. The van der Waals surface area contributed by atoms with Crippen molar-refractivity contribution in [2.45, 2.75) is 12.3 Å². The fourth-order valence-corrected chi connectivity index (χ4v) is 2.29. The number of aliphatic hydroxyl groups is 1. The highest BCUT2D eigenvalue weighted by molar-refractivity contribution is 5.89. The second kappa shape index (κ2) is 8.63. The first-order chi connectivity index (χ1) is 12.7. The van der Waals surface area contributed by atoms with Crippen LogP contribution in [-0.4, -0.2) is 31.9 Å². The van der Waals surface area contributed by atoms with Gasteiger partial charge in [0, 0.05) is 18.3 Å². The summed E-state index contributed by atoms with van der Waals surface area (Å²) in [7, 11) is 2.95. The predicted octanol–water partition coefficient (Wildman–Crippen LogP) is 3.58. The van der Waals surface area contributed by atoms with Gasteiger partial charge in [-0.1, -0.05) is 12.1 Å². The Morgan fingerprint density at radius 2 is 1.70 bits per heavy atom. The number of amides is 2. The van der Waals surface area contributed by atoms with Gasteiger partial charge in [-0.3, -0.25) is 0 Å². The third-order valence-electron chi connectivity index (χ3n) is 3.72. The summed E-state index contributed by atoms with van der Waals surface area (Å²) in [6, 6.07) is 8.28. The summed E-state index contributed by atoms with van der Waals surface area (Å²) in [6.45, 7) is -0.176. The predicted molar refractivity (Wildman–Crippen MR) is 93.0 cm³/mol. The lowest BCUT2D eigenvalue weighted by atomic mass is 10.1. The topological polar surface area (TPSA) is 79.8 Å². The first-order valence-electron chi connectivity index (χ1n) is 7.86. The average Bonchev–Trinajstić information content (AvgIpc) is 2.65. The molecule has 0 spiro atoms. The molecule has 2 aromatic rings. The average molecular weight is 384 g/mol. The SMILES string of the molecule is COc1ccc(NC(=O)NCC(O)c2ccc(C(F)(F)F)cc2)cc1OC. The maximum absolute atomic E-state index is 12.5. The zero-order valence-corrected chi connectivity index (χ0v) is 14.6. The Balaban J connectivity index is 1.91. The molecule has 2 aromatic carbocycles. The van der Waals surface area contributed by atoms with Gasteiger partial charge in [0.2, 0.25) is 0 Å². The van der Waals surface area contributed by atoms with Crippen molar-refractivity contribution in [2.24, 2.45) is 0 Å². The van der Waals surface area contributed by atoms with Crippen LogP contribution in [0.2, 0.25) is 0 Å². The summed E-state index contributed by atoms with van der Waals surface area (Å²) in [6.07, 6.45) is -5.59. The second-order valence-electron chi connectivity index (χ2n) is 5.54. The van der Waals surface area contributed by atoms with E-state index in [1.54, 1.807) is 18.2 Å². The molecule has 146 valence electrons. The van der Waals surface area contributed by atoms with Crippen molar-refractivity contribution in [2.75, 3.05) is 26.1 Å². The van der Waals surface area contributed by atoms with Crippen molar-refractivity contribution in [1.29, 1.82) is 0 Å². The molecular weight excluding hydrogens is 365 g/mol. The molecule has 0 bridgehead atoms. The third kappa shape index (κ3) is 5.52. The van der Waals surface area contributed by atoms with Crippen LogP contribution in [0, 0.1) is 0 Å². The Morgan fingerprint density at radius 3 is 2.26 bits per heavy atom. The van der Waals surface area contributed by atoms with Crippen molar-refractivity contribution in [3.63, 3.8) is 0 Å². The zero-order chi connectivity index (χ0) is 20.0. The Hall–Kier alpha value is -2.94. The number of hydrogen-bond donors (Lipinski definition) is 3. The van der Waals surface area contributed by atoms with E-state index in [2.05, 4.69) is 10.6 Å². The molecule has 0 radical (unpaired) electrons. The largest absolute Gasteiger partial charge is 0.493 e. The highest BCUT2D eigenvalue weighted by atomic mass is 19.4. The number of anilines is 1. The number of halogens is 3. The van der Waals surface area contributed by atoms with Gasteiger partial charge in [0.05, 0.1) is 25.9 Å². The fraction of sp³-hybridized carbons (Fsp3) is 0.278. The molecule has 0 aliphatic heterocycles. The summed E-state index contributed by atoms with van der Waals surface area (Å²) in [5, 5.41) is 15.0. The number of urea groups is 1. The van der Waals surface area contributed by atoms with E-state index < -0.39 is 23.9 Å². The molecule has 6 nitrogen and oxygen atoms in total. The molecule has 0 aromatic heterocycles. The third-order valence-corrected chi connectivity index (χ3v) is 3.72. The van der Waals surface area contributed by atoms with E-state index >= 15 is 0 Å². The van der Waals surface area contributed by atoms with E-state index in [9.17, 15) is 23.1 Å². The number of methoxy groups -OCH3 is 2. The monoisotopic (exact) mass is 384 g/mol. The quantitative estimate of drug-likeness (QED) is 0.711. The minimum Gasteiger partial charge on any atom is -0.493 e. The standard InChI is InChI=1S/C18H19F3N2O4/c1-26-15-8-7-13(9-16(15)27-2)23-17(25)22-10-14(24)11-3-5-12(6-4-11)18(19,20)21/h3-9,14,24H,10H2,1-2H3,(H2,22,23,25). The van der Waals surface area contributed by atoms with Crippen molar-refractivity contribution < 1.29 is 32.5 Å². The molecule has 9 heteroatoms. The van der Waals surface area contributed by atoms with E-state index in [0.717, 1.165) is 12.1 Å². The summed E-state index contributed by atoms with van der Waals surface area (Å²) < 4.78 is 47.8. The maximum Gasteiger partial charge on any atom is 0.416 e. The smallest absolute Gasteiger partial charge is 0.416 e. The summed E-state index contributed by atoms with van der Waals surface area (Å²) >= 11 is 0. The summed E-state index contributed by atoms with van der Waals surface area (Å²) in [5.74, 6) is 0.932. The van der Waals surface area contributed by atoms with Crippen LogP contribution in [0.1, 0.15) is 17.2 Å². The number of carbonyl (C=O) groups excluding carboxylic acids is 1. The molecule has 1 unspecified atom stereocenters. The molecule has 0 saturated carbocycles. The highest BCUT2D eigenvalue weighted by Crippen LogP contribution is 2.30. The Bertz CT molecular complexity index is 779. The van der Waals surface area contributed by atoms with E-state index in [4.69, 9.17) is 9.47 Å². The van der Waals surface area contributed by atoms with Crippen molar-refractivity contribution in [3.8, 4) is 11.5 Å².